The van der Waals surface area contributed by atoms with Crippen molar-refractivity contribution in [3.63, 3.8) is 0 Å². The maximum Gasteiger partial charge on any atom is 0.273 e. The van der Waals surface area contributed by atoms with Crippen molar-refractivity contribution in [1.29, 1.82) is 0 Å². The molecule has 4 rings (SSSR count). The molecule has 0 bridgehead atoms. The largest absolute Gasteiger partial charge is 0.437 e. The quantitative estimate of drug-likeness (QED) is 0.683. The summed E-state index contributed by atoms with van der Waals surface area (Å²) in [6.45, 7) is 1.21. The Morgan fingerprint density at radius 2 is 2.15 bits per heavy atom. The SMILES string of the molecule is O=C(c1cscn1)N1CCC[C@H](c2nccnc2Oc2cccc(F)c2)C1. The first-order valence-electron chi connectivity index (χ1n) is 8.62. The molecule has 0 N–H and O–H groups in total. The molecule has 138 valence electrons. The van der Waals surface area contributed by atoms with Crippen LogP contribution in [0.1, 0.15) is 34.9 Å². The summed E-state index contributed by atoms with van der Waals surface area (Å²) in [5.74, 6) is 0.255. The minimum Gasteiger partial charge on any atom is -0.437 e. The zero-order valence-electron chi connectivity index (χ0n) is 14.4. The van der Waals surface area contributed by atoms with Gasteiger partial charge in [-0.2, -0.15) is 0 Å². The summed E-state index contributed by atoms with van der Waals surface area (Å²) in [5.41, 5.74) is 2.80. The lowest BCUT2D eigenvalue weighted by Crippen LogP contribution is -2.39. The first kappa shape index (κ1) is 17.5. The van der Waals surface area contributed by atoms with E-state index in [1.54, 1.807) is 40.3 Å². The van der Waals surface area contributed by atoms with Crippen LogP contribution >= 0.6 is 11.3 Å². The number of nitrogens with zero attached hydrogens (tertiary/aromatic N) is 4. The molecule has 3 aromatic rings. The number of amides is 1. The normalized spacial score (nSPS) is 16.9. The van der Waals surface area contributed by atoms with E-state index < -0.39 is 0 Å². The van der Waals surface area contributed by atoms with Gasteiger partial charge in [0.05, 0.1) is 5.51 Å². The second kappa shape index (κ2) is 7.79. The van der Waals surface area contributed by atoms with Crippen molar-refractivity contribution in [3.8, 4) is 11.6 Å². The molecule has 0 aliphatic carbocycles. The summed E-state index contributed by atoms with van der Waals surface area (Å²) in [4.78, 5) is 27.2. The lowest BCUT2D eigenvalue weighted by atomic mass is 9.94. The summed E-state index contributed by atoms with van der Waals surface area (Å²) in [6, 6.07) is 5.90. The Balaban J connectivity index is 1.55. The molecule has 2 aromatic heterocycles. The molecule has 27 heavy (non-hydrogen) atoms. The van der Waals surface area contributed by atoms with Gasteiger partial charge in [-0.05, 0) is 25.0 Å². The fourth-order valence-corrected chi connectivity index (χ4v) is 3.73. The average Bonchev–Trinajstić information content (AvgIpc) is 3.23. The second-order valence-corrected chi connectivity index (χ2v) is 6.99. The zero-order chi connectivity index (χ0) is 18.6. The molecule has 0 unspecified atom stereocenters. The van der Waals surface area contributed by atoms with E-state index in [9.17, 15) is 9.18 Å². The molecular formula is C19H17FN4O2S. The van der Waals surface area contributed by atoms with Gasteiger partial charge in [-0.15, -0.1) is 11.3 Å². The van der Waals surface area contributed by atoms with Gasteiger partial charge in [0.25, 0.3) is 5.91 Å². The van der Waals surface area contributed by atoms with Crippen LogP contribution in [0.5, 0.6) is 11.6 Å². The first-order valence-corrected chi connectivity index (χ1v) is 9.57. The topological polar surface area (TPSA) is 68.2 Å². The Kier molecular flexibility index (Phi) is 5.06. The number of hydrogen-bond acceptors (Lipinski definition) is 6. The molecule has 0 spiro atoms. The lowest BCUT2D eigenvalue weighted by Gasteiger charge is -2.32. The van der Waals surface area contributed by atoms with Crippen molar-refractivity contribution >= 4 is 17.2 Å². The van der Waals surface area contributed by atoms with E-state index in [1.807, 2.05) is 0 Å². The van der Waals surface area contributed by atoms with E-state index in [-0.39, 0.29) is 17.6 Å². The van der Waals surface area contributed by atoms with Crippen LogP contribution in [-0.4, -0.2) is 38.8 Å². The fourth-order valence-electron chi connectivity index (χ4n) is 3.20. The third kappa shape index (κ3) is 3.95. The minimum atomic E-state index is -0.379. The second-order valence-electron chi connectivity index (χ2n) is 6.27. The van der Waals surface area contributed by atoms with Crippen molar-refractivity contribution in [1.82, 2.24) is 19.9 Å². The van der Waals surface area contributed by atoms with E-state index in [0.717, 1.165) is 12.8 Å². The number of hydrogen-bond donors (Lipinski definition) is 0. The highest BCUT2D eigenvalue weighted by molar-refractivity contribution is 7.07. The van der Waals surface area contributed by atoms with E-state index in [0.29, 0.717) is 36.1 Å². The minimum absolute atomic E-state index is 0.00130. The molecule has 0 radical (unpaired) electrons. The highest BCUT2D eigenvalue weighted by atomic mass is 32.1. The predicted molar refractivity (Wildman–Crippen MR) is 98.5 cm³/mol. The van der Waals surface area contributed by atoms with Gasteiger partial charge >= 0.3 is 0 Å². The zero-order valence-corrected chi connectivity index (χ0v) is 15.2. The number of thiazole rings is 1. The number of carbonyl (C=O) groups is 1. The van der Waals surface area contributed by atoms with Crippen molar-refractivity contribution in [2.24, 2.45) is 0 Å². The molecule has 1 fully saturated rings. The van der Waals surface area contributed by atoms with E-state index in [1.165, 1.54) is 23.5 Å². The fraction of sp³-hybridized carbons (Fsp3) is 0.263. The number of rotatable bonds is 4. The van der Waals surface area contributed by atoms with Crippen LogP contribution in [0.3, 0.4) is 0 Å². The molecule has 0 saturated carbocycles. The number of aromatic nitrogens is 3. The summed E-state index contributed by atoms with van der Waals surface area (Å²) in [7, 11) is 0. The molecule has 3 heterocycles. The predicted octanol–water partition coefficient (Wildman–Crippen LogP) is 3.88. The van der Waals surface area contributed by atoms with Crippen molar-refractivity contribution in [2.45, 2.75) is 18.8 Å². The third-order valence-corrected chi connectivity index (χ3v) is 5.04. The van der Waals surface area contributed by atoms with Gasteiger partial charge in [0, 0.05) is 42.8 Å². The number of ether oxygens (including phenoxy) is 1. The van der Waals surface area contributed by atoms with Crippen molar-refractivity contribution in [3.05, 3.63) is 64.8 Å². The summed E-state index contributed by atoms with van der Waals surface area (Å²) >= 11 is 1.40. The Bertz CT molecular complexity index is 935. The van der Waals surface area contributed by atoms with Gasteiger partial charge < -0.3 is 9.64 Å². The standard InChI is InChI=1S/C19H17FN4O2S/c20-14-4-1-5-15(9-14)26-18-17(21-6-7-22-18)13-3-2-8-24(10-13)19(25)16-11-27-12-23-16/h1,4-7,9,11-13H,2-3,8,10H2/t13-/m0/s1. The molecular weight excluding hydrogens is 367 g/mol. The lowest BCUT2D eigenvalue weighted by molar-refractivity contribution is 0.0699. The van der Waals surface area contributed by atoms with Crippen LogP contribution in [-0.2, 0) is 0 Å². The third-order valence-electron chi connectivity index (χ3n) is 4.45. The number of carbonyl (C=O) groups excluding carboxylic acids is 1. The Hall–Kier alpha value is -2.87. The maximum atomic E-state index is 13.4. The van der Waals surface area contributed by atoms with E-state index in [4.69, 9.17) is 4.74 Å². The van der Waals surface area contributed by atoms with Crippen molar-refractivity contribution < 1.29 is 13.9 Å². The van der Waals surface area contributed by atoms with Gasteiger partial charge in [-0.1, -0.05) is 6.07 Å². The highest BCUT2D eigenvalue weighted by Crippen LogP contribution is 2.33. The molecule has 1 amide bonds. The molecule has 1 atom stereocenters. The Labute approximate surface area is 159 Å². The van der Waals surface area contributed by atoms with Gasteiger partial charge in [-0.25, -0.2) is 14.4 Å². The van der Waals surface area contributed by atoms with Crippen LogP contribution in [0.4, 0.5) is 4.39 Å². The molecule has 1 saturated heterocycles. The van der Waals surface area contributed by atoms with Crippen LogP contribution in [0.25, 0.3) is 0 Å². The molecule has 1 aromatic carbocycles. The number of likely N-dealkylation sites (tertiary alicyclic amines) is 1. The Morgan fingerprint density at radius 3 is 2.96 bits per heavy atom. The average molecular weight is 384 g/mol. The molecule has 1 aliphatic rings. The maximum absolute atomic E-state index is 13.4. The van der Waals surface area contributed by atoms with Crippen LogP contribution in [0.15, 0.2) is 47.5 Å². The number of halogens is 1. The summed E-state index contributed by atoms with van der Waals surface area (Å²) < 4.78 is 19.2. The van der Waals surface area contributed by atoms with Crippen LogP contribution in [0, 0.1) is 5.82 Å². The van der Waals surface area contributed by atoms with Gasteiger partial charge in [0.1, 0.15) is 23.0 Å². The van der Waals surface area contributed by atoms with Gasteiger partial charge in [0.15, 0.2) is 0 Å². The molecule has 6 nitrogen and oxygen atoms in total. The van der Waals surface area contributed by atoms with Gasteiger partial charge in [0.2, 0.25) is 5.88 Å². The molecule has 1 aliphatic heterocycles. The first-order chi connectivity index (χ1) is 13.2. The van der Waals surface area contributed by atoms with Crippen LogP contribution < -0.4 is 4.74 Å². The summed E-state index contributed by atoms with van der Waals surface area (Å²) in [6.07, 6.45) is 4.88. The Morgan fingerprint density at radius 1 is 1.26 bits per heavy atom. The number of benzene rings is 1. The van der Waals surface area contributed by atoms with Crippen molar-refractivity contribution in [2.75, 3.05) is 13.1 Å². The van der Waals surface area contributed by atoms with E-state index in [2.05, 4.69) is 15.0 Å². The summed E-state index contributed by atoms with van der Waals surface area (Å²) in [5, 5.41) is 1.76. The number of piperidine rings is 1. The smallest absolute Gasteiger partial charge is 0.273 e. The van der Waals surface area contributed by atoms with E-state index >= 15 is 0 Å². The highest BCUT2D eigenvalue weighted by Gasteiger charge is 2.29. The van der Waals surface area contributed by atoms with Gasteiger partial charge in [-0.3, -0.25) is 9.78 Å². The van der Waals surface area contributed by atoms with Crippen LogP contribution in [0.2, 0.25) is 0 Å². The monoisotopic (exact) mass is 384 g/mol. The molecule has 8 heteroatoms.